The van der Waals surface area contributed by atoms with E-state index in [4.69, 9.17) is 0 Å². The second kappa shape index (κ2) is 7.85. The van der Waals surface area contributed by atoms with Crippen LogP contribution in [0.2, 0.25) is 0 Å². The monoisotopic (exact) mass is 298 g/mol. The van der Waals surface area contributed by atoms with Crippen molar-refractivity contribution in [1.82, 2.24) is 10.2 Å². The van der Waals surface area contributed by atoms with Crippen molar-refractivity contribution in [3.63, 3.8) is 0 Å². The van der Waals surface area contributed by atoms with Crippen molar-refractivity contribution in [3.05, 3.63) is 34.3 Å². The van der Waals surface area contributed by atoms with Crippen LogP contribution in [-0.2, 0) is 6.42 Å². The van der Waals surface area contributed by atoms with Gasteiger partial charge < -0.3 is 10.2 Å². The van der Waals surface area contributed by atoms with E-state index in [1.54, 1.807) is 0 Å². The van der Waals surface area contributed by atoms with Crippen LogP contribution in [0.25, 0.3) is 0 Å². The molecule has 0 bridgehead atoms. The Morgan fingerprint density at radius 3 is 2.71 bits per heavy atom. The second-order valence-corrected chi connectivity index (χ2v) is 5.60. The van der Waals surface area contributed by atoms with E-state index in [0.29, 0.717) is 6.04 Å². The first-order valence-corrected chi connectivity index (χ1v) is 7.03. The molecule has 0 aliphatic heterocycles. The Morgan fingerprint density at radius 2 is 2.12 bits per heavy atom. The zero-order valence-corrected chi connectivity index (χ0v) is 12.6. The van der Waals surface area contributed by atoms with Crippen LogP contribution in [-0.4, -0.2) is 38.1 Å². The summed E-state index contributed by atoms with van der Waals surface area (Å²) in [4.78, 5) is 2.24. The lowest BCUT2D eigenvalue weighted by Gasteiger charge is -2.20. The van der Waals surface area contributed by atoms with Gasteiger partial charge in [0.15, 0.2) is 0 Å². The predicted molar refractivity (Wildman–Crippen MR) is 78.5 cm³/mol. The summed E-state index contributed by atoms with van der Waals surface area (Å²) >= 11 is 3.52. The maximum Gasteiger partial charge on any atom is 0.0178 e. The van der Waals surface area contributed by atoms with Crippen molar-refractivity contribution in [1.29, 1.82) is 0 Å². The fraction of sp³-hybridized carbons (Fsp3) is 0.571. The predicted octanol–water partition coefficient (Wildman–Crippen LogP) is 2.92. The lowest BCUT2D eigenvalue weighted by atomic mass is 10.0. The zero-order valence-electron chi connectivity index (χ0n) is 11.0. The summed E-state index contributed by atoms with van der Waals surface area (Å²) in [6.07, 6.45) is 2.29. The Hall–Kier alpha value is -0.380. The minimum atomic E-state index is 0.566. The number of likely N-dealkylation sites (N-methyl/N-ethyl adjacent to an activating group) is 1. The van der Waals surface area contributed by atoms with E-state index >= 15 is 0 Å². The van der Waals surface area contributed by atoms with Crippen molar-refractivity contribution < 1.29 is 0 Å². The summed E-state index contributed by atoms with van der Waals surface area (Å²) in [5, 5.41) is 3.56. The van der Waals surface area contributed by atoms with Gasteiger partial charge in [0.25, 0.3) is 0 Å². The topological polar surface area (TPSA) is 15.3 Å². The Labute approximate surface area is 114 Å². The highest BCUT2D eigenvalue weighted by atomic mass is 79.9. The molecule has 0 aliphatic carbocycles. The fourth-order valence-corrected chi connectivity index (χ4v) is 2.37. The highest BCUT2D eigenvalue weighted by molar-refractivity contribution is 9.10. The standard InChI is InChI=1S/C14H23BrN2/c1-4-16-14(8-9-17(2)3)11-12-6-5-7-13(15)10-12/h5-7,10,14,16H,4,8-9,11H2,1-3H3. The number of benzene rings is 1. The van der Waals surface area contributed by atoms with Crippen molar-refractivity contribution in [3.8, 4) is 0 Å². The van der Waals surface area contributed by atoms with Crippen LogP contribution in [0.3, 0.4) is 0 Å². The van der Waals surface area contributed by atoms with Gasteiger partial charge in [-0.25, -0.2) is 0 Å². The van der Waals surface area contributed by atoms with Crippen LogP contribution in [0, 0.1) is 0 Å². The minimum Gasteiger partial charge on any atom is -0.314 e. The van der Waals surface area contributed by atoms with Gasteiger partial charge in [0.05, 0.1) is 0 Å². The molecule has 17 heavy (non-hydrogen) atoms. The van der Waals surface area contributed by atoms with Gasteiger partial charge in [-0.3, -0.25) is 0 Å². The summed E-state index contributed by atoms with van der Waals surface area (Å²) < 4.78 is 1.16. The summed E-state index contributed by atoms with van der Waals surface area (Å²) in [6, 6.07) is 9.15. The van der Waals surface area contributed by atoms with Crippen LogP contribution < -0.4 is 5.32 Å². The van der Waals surface area contributed by atoms with Crippen LogP contribution in [0.15, 0.2) is 28.7 Å². The molecule has 0 spiro atoms. The zero-order chi connectivity index (χ0) is 12.7. The number of halogens is 1. The molecule has 3 heteroatoms. The summed E-state index contributed by atoms with van der Waals surface area (Å²) in [5.41, 5.74) is 1.39. The van der Waals surface area contributed by atoms with Gasteiger partial charge >= 0.3 is 0 Å². The normalized spacial score (nSPS) is 13.0. The molecule has 0 saturated heterocycles. The molecule has 0 fully saturated rings. The third-order valence-corrected chi connectivity index (χ3v) is 3.28. The van der Waals surface area contributed by atoms with Crippen LogP contribution in [0.1, 0.15) is 18.9 Å². The van der Waals surface area contributed by atoms with Gasteiger partial charge in [0.2, 0.25) is 0 Å². The summed E-state index contributed by atoms with van der Waals surface area (Å²) in [7, 11) is 4.25. The van der Waals surface area contributed by atoms with E-state index in [2.05, 4.69) is 71.4 Å². The third kappa shape index (κ3) is 6.20. The van der Waals surface area contributed by atoms with Gasteiger partial charge in [-0.05, 0) is 57.7 Å². The van der Waals surface area contributed by atoms with Gasteiger partial charge in [0.1, 0.15) is 0 Å². The second-order valence-electron chi connectivity index (χ2n) is 4.68. The quantitative estimate of drug-likeness (QED) is 0.833. The number of nitrogens with zero attached hydrogens (tertiary/aromatic N) is 1. The van der Waals surface area contributed by atoms with Crippen molar-refractivity contribution in [2.75, 3.05) is 27.2 Å². The summed E-state index contributed by atoms with van der Waals surface area (Å²) in [6.45, 7) is 4.33. The van der Waals surface area contributed by atoms with Crippen molar-refractivity contribution in [2.45, 2.75) is 25.8 Å². The Balaban J connectivity index is 2.53. The van der Waals surface area contributed by atoms with E-state index < -0.39 is 0 Å². The molecular weight excluding hydrogens is 276 g/mol. The highest BCUT2D eigenvalue weighted by Crippen LogP contribution is 2.14. The first-order chi connectivity index (χ1) is 8.11. The molecule has 1 atom stereocenters. The molecule has 1 N–H and O–H groups in total. The van der Waals surface area contributed by atoms with Gasteiger partial charge in [0, 0.05) is 10.5 Å². The minimum absolute atomic E-state index is 0.566. The molecule has 0 aliphatic rings. The molecular formula is C14H23BrN2. The number of rotatable bonds is 7. The van der Waals surface area contributed by atoms with Gasteiger partial charge in [-0.15, -0.1) is 0 Å². The first-order valence-electron chi connectivity index (χ1n) is 6.24. The van der Waals surface area contributed by atoms with Crippen LogP contribution in [0.4, 0.5) is 0 Å². The molecule has 1 aromatic rings. The molecule has 96 valence electrons. The molecule has 0 radical (unpaired) electrons. The van der Waals surface area contributed by atoms with Crippen LogP contribution in [0.5, 0.6) is 0 Å². The maximum absolute atomic E-state index is 3.56. The molecule has 1 aromatic carbocycles. The fourth-order valence-electron chi connectivity index (χ4n) is 1.93. The maximum atomic E-state index is 3.56. The largest absolute Gasteiger partial charge is 0.314 e. The highest BCUT2D eigenvalue weighted by Gasteiger charge is 2.08. The molecule has 0 saturated carbocycles. The summed E-state index contributed by atoms with van der Waals surface area (Å²) in [5.74, 6) is 0. The number of hydrogen-bond donors (Lipinski definition) is 1. The van der Waals surface area contributed by atoms with E-state index in [0.717, 1.165) is 24.0 Å². The van der Waals surface area contributed by atoms with Gasteiger partial charge in [-0.1, -0.05) is 35.0 Å². The SMILES string of the molecule is CCNC(CCN(C)C)Cc1cccc(Br)c1. The smallest absolute Gasteiger partial charge is 0.0178 e. The van der Waals surface area contributed by atoms with E-state index in [9.17, 15) is 0 Å². The average molecular weight is 299 g/mol. The van der Waals surface area contributed by atoms with E-state index in [1.807, 2.05) is 0 Å². The molecule has 0 heterocycles. The third-order valence-electron chi connectivity index (χ3n) is 2.79. The Kier molecular flexibility index (Phi) is 6.78. The van der Waals surface area contributed by atoms with E-state index in [1.165, 1.54) is 12.0 Å². The van der Waals surface area contributed by atoms with Crippen LogP contribution >= 0.6 is 15.9 Å². The number of nitrogens with one attached hydrogen (secondary N) is 1. The molecule has 1 unspecified atom stereocenters. The Morgan fingerprint density at radius 1 is 1.35 bits per heavy atom. The molecule has 2 nitrogen and oxygen atoms in total. The lowest BCUT2D eigenvalue weighted by molar-refractivity contribution is 0.358. The molecule has 1 rings (SSSR count). The number of hydrogen-bond acceptors (Lipinski definition) is 2. The lowest BCUT2D eigenvalue weighted by Crippen LogP contribution is -2.34. The average Bonchev–Trinajstić information content (AvgIpc) is 2.26. The Bertz CT molecular complexity index is 326. The van der Waals surface area contributed by atoms with Gasteiger partial charge in [-0.2, -0.15) is 0 Å². The first kappa shape index (κ1) is 14.7. The van der Waals surface area contributed by atoms with Crippen molar-refractivity contribution >= 4 is 15.9 Å². The van der Waals surface area contributed by atoms with Crippen molar-refractivity contribution in [2.24, 2.45) is 0 Å². The molecule has 0 amide bonds. The van der Waals surface area contributed by atoms with E-state index in [-0.39, 0.29) is 0 Å². The molecule has 0 aromatic heterocycles.